The number of aromatic nitrogens is 1. The molecule has 1 aliphatic rings. The molecule has 0 saturated heterocycles. The Labute approximate surface area is 116 Å². The van der Waals surface area contributed by atoms with Crippen molar-refractivity contribution in [3.63, 3.8) is 0 Å². The summed E-state index contributed by atoms with van der Waals surface area (Å²) in [5.41, 5.74) is 2.62. The number of carboxylic acids is 1. The number of carbonyl (C=O) groups is 1. The summed E-state index contributed by atoms with van der Waals surface area (Å²) in [6.45, 7) is 2.01. The number of ether oxygens (including phenoxy) is 2. The summed E-state index contributed by atoms with van der Waals surface area (Å²) < 4.78 is 11.1. The fourth-order valence-electron chi connectivity index (χ4n) is 2.58. The van der Waals surface area contributed by atoms with Gasteiger partial charge in [-0.2, -0.15) is 0 Å². The van der Waals surface area contributed by atoms with Gasteiger partial charge in [0.2, 0.25) is 0 Å². The highest BCUT2D eigenvalue weighted by Crippen LogP contribution is 2.40. The van der Waals surface area contributed by atoms with Gasteiger partial charge in [-0.05, 0) is 19.1 Å². The maximum absolute atomic E-state index is 11.2. The molecule has 0 saturated carbocycles. The first-order valence-electron chi connectivity index (χ1n) is 6.38. The van der Waals surface area contributed by atoms with Gasteiger partial charge in [0.15, 0.2) is 0 Å². The van der Waals surface area contributed by atoms with Crippen molar-refractivity contribution in [2.24, 2.45) is 0 Å². The smallest absolute Gasteiger partial charge is 0.337 e. The van der Waals surface area contributed by atoms with Crippen LogP contribution in [0.15, 0.2) is 24.5 Å². The van der Waals surface area contributed by atoms with Crippen molar-refractivity contribution in [2.45, 2.75) is 19.4 Å². The molecule has 0 aliphatic carbocycles. The van der Waals surface area contributed by atoms with Crippen molar-refractivity contribution in [3.05, 3.63) is 35.7 Å². The van der Waals surface area contributed by atoms with E-state index >= 15 is 0 Å². The molecule has 2 N–H and O–H groups in total. The highest BCUT2D eigenvalue weighted by molar-refractivity contribution is 5.97. The fourth-order valence-corrected chi connectivity index (χ4v) is 2.58. The SMILES string of the molecule is COc1cc2c(cc1-c1c[nH]cc1C(=O)O)OC(C)C2. The first-order valence-corrected chi connectivity index (χ1v) is 6.38. The summed E-state index contributed by atoms with van der Waals surface area (Å²) in [5.74, 6) is 0.479. The van der Waals surface area contributed by atoms with Crippen LogP contribution in [-0.2, 0) is 6.42 Å². The molecule has 1 aromatic carbocycles. The van der Waals surface area contributed by atoms with E-state index in [1.54, 1.807) is 13.3 Å². The van der Waals surface area contributed by atoms with E-state index < -0.39 is 5.97 Å². The van der Waals surface area contributed by atoms with Crippen molar-refractivity contribution in [2.75, 3.05) is 7.11 Å². The van der Waals surface area contributed by atoms with E-state index in [-0.39, 0.29) is 11.7 Å². The van der Waals surface area contributed by atoms with Crippen LogP contribution in [0, 0.1) is 0 Å². The van der Waals surface area contributed by atoms with Gasteiger partial charge < -0.3 is 19.6 Å². The van der Waals surface area contributed by atoms with Gasteiger partial charge in [-0.15, -0.1) is 0 Å². The van der Waals surface area contributed by atoms with Crippen LogP contribution in [0.3, 0.4) is 0 Å². The van der Waals surface area contributed by atoms with Gasteiger partial charge in [0.25, 0.3) is 0 Å². The number of aromatic amines is 1. The van der Waals surface area contributed by atoms with Crippen LogP contribution in [-0.4, -0.2) is 29.3 Å². The van der Waals surface area contributed by atoms with Crippen LogP contribution in [0.4, 0.5) is 0 Å². The van der Waals surface area contributed by atoms with E-state index in [1.807, 2.05) is 19.1 Å². The summed E-state index contributed by atoms with van der Waals surface area (Å²) in [6, 6.07) is 3.78. The highest BCUT2D eigenvalue weighted by atomic mass is 16.5. The quantitative estimate of drug-likeness (QED) is 0.902. The van der Waals surface area contributed by atoms with Crippen LogP contribution in [0.5, 0.6) is 11.5 Å². The zero-order valence-corrected chi connectivity index (χ0v) is 11.3. The van der Waals surface area contributed by atoms with Gasteiger partial charge in [0, 0.05) is 35.5 Å². The molecule has 1 aromatic heterocycles. The lowest BCUT2D eigenvalue weighted by Gasteiger charge is -2.11. The molecule has 20 heavy (non-hydrogen) atoms. The Morgan fingerprint density at radius 3 is 2.90 bits per heavy atom. The molecule has 1 aliphatic heterocycles. The Kier molecular flexibility index (Phi) is 2.89. The topological polar surface area (TPSA) is 71.6 Å². The predicted octanol–water partition coefficient (Wildman–Crippen LogP) is 2.71. The summed E-state index contributed by atoms with van der Waals surface area (Å²) in [6.07, 6.45) is 4.10. The standard InChI is InChI=1S/C15H15NO4/c1-8-3-9-4-14(19-2)10(5-13(9)20-8)11-6-16-7-12(11)15(17)18/h4-8,16H,3H2,1-2H3,(H,17,18). The predicted molar refractivity (Wildman–Crippen MR) is 73.5 cm³/mol. The van der Waals surface area contributed by atoms with E-state index in [0.717, 1.165) is 23.3 Å². The van der Waals surface area contributed by atoms with E-state index in [9.17, 15) is 9.90 Å². The lowest BCUT2D eigenvalue weighted by atomic mass is 10.00. The lowest BCUT2D eigenvalue weighted by molar-refractivity contribution is 0.0698. The zero-order chi connectivity index (χ0) is 14.3. The Bertz CT molecular complexity index is 675. The number of hydrogen-bond acceptors (Lipinski definition) is 3. The third-order valence-corrected chi connectivity index (χ3v) is 3.48. The number of fused-ring (bicyclic) bond motifs is 1. The summed E-state index contributed by atoms with van der Waals surface area (Å²) in [4.78, 5) is 14.1. The molecule has 0 radical (unpaired) electrons. The Morgan fingerprint density at radius 1 is 1.40 bits per heavy atom. The maximum atomic E-state index is 11.2. The van der Waals surface area contributed by atoms with E-state index in [1.165, 1.54) is 6.20 Å². The number of rotatable bonds is 3. The number of benzene rings is 1. The summed E-state index contributed by atoms with van der Waals surface area (Å²) in [5, 5.41) is 9.22. The molecule has 3 rings (SSSR count). The molecular weight excluding hydrogens is 258 g/mol. The average molecular weight is 273 g/mol. The monoisotopic (exact) mass is 273 g/mol. The van der Waals surface area contributed by atoms with Crippen LogP contribution < -0.4 is 9.47 Å². The molecule has 5 nitrogen and oxygen atoms in total. The zero-order valence-electron chi connectivity index (χ0n) is 11.3. The number of aromatic carboxylic acids is 1. The van der Waals surface area contributed by atoms with Gasteiger partial charge in [-0.3, -0.25) is 0 Å². The largest absolute Gasteiger partial charge is 0.496 e. The molecule has 0 spiro atoms. The molecule has 1 atom stereocenters. The second-order valence-electron chi connectivity index (χ2n) is 4.88. The molecule has 0 fully saturated rings. The molecule has 5 heteroatoms. The minimum absolute atomic E-state index is 0.134. The average Bonchev–Trinajstić information content (AvgIpc) is 3.01. The molecular formula is C15H15NO4. The molecule has 104 valence electrons. The third-order valence-electron chi connectivity index (χ3n) is 3.48. The van der Waals surface area contributed by atoms with Crippen molar-refractivity contribution < 1.29 is 19.4 Å². The van der Waals surface area contributed by atoms with Gasteiger partial charge in [-0.1, -0.05) is 0 Å². The normalized spacial score (nSPS) is 16.6. The number of nitrogens with one attached hydrogen (secondary N) is 1. The Morgan fingerprint density at radius 2 is 2.20 bits per heavy atom. The van der Waals surface area contributed by atoms with Crippen molar-refractivity contribution >= 4 is 5.97 Å². The van der Waals surface area contributed by atoms with Gasteiger partial charge in [0.1, 0.15) is 17.6 Å². The van der Waals surface area contributed by atoms with Crippen LogP contribution in [0.25, 0.3) is 11.1 Å². The number of hydrogen-bond donors (Lipinski definition) is 2. The number of methoxy groups -OCH3 is 1. The van der Waals surface area contributed by atoms with Gasteiger partial charge >= 0.3 is 5.97 Å². The summed E-state index contributed by atoms with van der Waals surface area (Å²) in [7, 11) is 1.58. The second-order valence-corrected chi connectivity index (χ2v) is 4.88. The highest BCUT2D eigenvalue weighted by Gasteiger charge is 2.24. The number of H-pyrrole nitrogens is 1. The lowest BCUT2D eigenvalue weighted by Crippen LogP contribution is -2.05. The summed E-state index contributed by atoms with van der Waals surface area (Å²) >= 11 is 0. The van der Waals surface area contributed by atoms with Crippen molar-refractivity contribution in [1.29, 1.82) is 0 Å². The second kappa shape index (κ2) is 4.59. The van der Waals surface area contributed by atoms with E-state index in [2.05, 4.69) is 4.98 Å². The first-order chi connectivity index (χ1) is 9.60. The van der Waals surface area contributed by atoms with Gasteiger partial charge in [-0.25, -0.2) is 4.79 Å². The fraction of sp³-hybridized carbons (Fsp3) is 0.267. The molecule has 0 bridgehead atoms. The Balaban J connectivity index is 2.16. The minimum Gasteiger partial charge on any atom is -0.496 e. The maximum Gasteiger partial charge on any atom is 0.337 e. The van der Waals surface area contributed by atoms with Crippen molar-refractivity contribution in [1.82, 2.24) is 4.98 Å². The number of carboxylic acid groups (broad SMARTS) is 1. The minimum atomic E-state index is -0.974. The Hall–Kier alpha value is -2.43. The molecule has 1 unspecified atom stereocenters. The first kappa shape index (κ1) is 12.6. The van der Waals surface area contributed by atoms with E-state index in [0.29, 0.717) is 11.3 Å². The molecule has 2 heterocycles. The van der Waals surface area contributed by atoms with Crippen molar-refractivity contribution in [3.8, 4) is 22.6 Å². The molecule has 2 aromatic rings. The third kappa shape index (κ3) is 1.91. The van der Waals surface area contributed by atoms with Crippen LogP contribution in [0.1, 0.15) is 22.8 Å². The van der Waals surface area contributed by atoms with Gasteiger partial charge in [0.05, 0.1) is 12.7 Å². The van der Waals surface area contributed by atoms with Crippen LogP contribution >= 0.6 is 0 Å². The molecule has 0 amide bonds. The van der Waals surface area contributed by atoms with Crippen LogP contribution in [0.2, 0.25) is 0 Å². The van der Waals surface area contributed by atoms with E-state index in [4.69, 9.17) is 9.47 Å².